The summed E-state index contributed by atoms with van der Waals surface area (Å²) in [6.07, 6.45) is 3.38. The monoisotopic (exact) mass is 308 g/mol. The van der Waals surface area contributed by atoms with Gasteiger partial charge in [-0.25, -0.2) is 4.79 Å². The highest BCUT2D eigenvalue weighted by Gasteiger charge is 2.14. The molecule has 118 valence electrons. The van der Waals surface area contributed by atoms with E-state index in [2.05, 4.69) is 29.8 Å². The molecular formula is C19H20N2O2. The third kappa shape index (κ3) is 2.72. The maximum atomic E-state index is 12.5. The lowest BCUT2D eigenvalue weighted by atomic mass is 10.0. The third-order valence-corrected chi connectivity index (χ3v) is 4.23. The summed E-state index contributed by atoms with van der Waals surface area (Å²) in [6.45, 7) is 8.01. The van der Waals surface area contributed by atoms with Crippen LogP contribution in [0.5, 0.6) is 0 Å². The molecule has 2 heterocycles. The van der Waals surface area contributed by atoms with Crippen molar-refractivity contribution in [3.8, 4) is 11.1 Å². The van der Waals surface area contributed by atoms with E-state index >= 15 is 0 Å². The van der Waals surface area contributed by atoms with Crippen molar-refractivity contribution in [2.75, 3.05) is 18.0 Å². The standard InChI is InChI=1S/C19H20N2O2/c1-4-21(5-2)15-8-9-16-13(3)18(14-7-6-10-20-12-14)19(22)23-17(16)11-15/h6-12H,4-5H2,1-3H3. The highest BCUT2D eigenvalue weighted by molar-refractivity contribution is 5.88. The van der Waals surface area contributed by atoms with Gasteiger partial charge in [-0.2, -0.15) is 0 Å². The Balaban J connectivity index is 2.21. The van der Waals surface area contributed by atoms with E-state index in [1.54, 1.807) is 12.4 Å². The summed E-state index contributed by atoms with van der Waals surface area (Å²) in [7, 11) is 0. The van der Waals surface area contributed by atoms with Gasteiger partial charge in [-0.1, -0.05) is 6.07 Å². The van der Waals surface area contributed by atoms with Gasteiger partial charge in [0.2, 0.25) is 0 Å². The molecule has 0 radical (unpaired) electrons. The molecule has 0 fully saturated rings. The number of rotatable bonds is 4. The lowest BCUT2D eigenvalue weighted by molar-refractivity contribution is 0.562. The van der Waals surface area contributed by atoms with Crippen LogP contribution in [0, 0.1) is 6.92 Å². The normalized spacial score (nSPS) is 10.9. The van der Waals surface area contributed by atoms with Crippen LogP contribution in [0.25, 0.3) is 22.1 Å². The molecule has 0 spiro atoms. The van der Waals surface area contributed by atoms with Crippen LogP contribution >= 0.6 is 0 Å². The van der Waals surface area contributed by atoms with Gasteiger partial charge in [0.15, 0.2) is 0 Å². The van der Waals surface area contributed by atoms with E-state index in [1.807, 2.05) is 31.2 Å². The van der Waals surface area contributed by atoms with Crippen LogP contribution in [0.1, 0.15) is 19.4 Å². The summed E-state index contributed by atoms with van der Waals surface area (Å²) < 4.78 is 5.60. The molecule has 0 aliphatic heterocycles. The van der Waals surface area contributed by atoms with Crippen molar-refractivity contribution in [1.82, 2.24) is 4.98 Å². The Morgan fingerprint density at radius 2 is 1.96 bits per heavy atom. The van der Waals surface area contributed by atoms with Crippen LogP contribution in [0.4, 0.5) is 5.69 Å². The largest absolute Gasteiger partial charge is 0.422 e. The number of pyridine rings is 1. The SMILES string of the molecule is CCN(CC)c1ccc2c(C)c(-c3cccnc3)c(=O)oc2c1. The molecule has 0 saturated carbocycles. The number of hydrogen-bond donors (Lipinski definition) is 0. The first-order chi connectivity index (χ1) is 11.2. The first kappa shape index (κ1) is 15.3. The van der Waals surface area contributed by atoms with Crippen molar-refractivity contribution in [2.24, 2.45) is 0 Å². The van der Waals surface area contributed by atoms with Gasteiger partial charge in [0.05, 0.1) is 5.56 Å². The molecule has 0 N–H and O–H groups in total. The fourth-order valence-electron chi connectivity index (χ4n) is 2.97. The Labute approximate surface area is 135 Å². The van der Waals surface area contributed by atoms with E-state index in [0.717, 1.165) is 35.3 Å². The van der Waals surface area contributed by atoms with Gasteiger partial charge in [-0.05, 0) is 44.5 Å². The van der Waals surface area contributed by atoms with Gasteiger partial charge in [0, 0.05) is 48.2 Å². The quantitative estimate of drug-likeness (QED) is 0.683. The minimum Gasteiger partial charge on any atom is -0.422 e. The number of fused-ring (bicyclic) bond motifs is 1. The van der Waals surface area contributed by atoms with Gasteiger partial charge >= 0.3 is 5.63 Å². The Morgan fingerprint density at radius 1 is 1.17 bits per heavy atom. The van der Waals surface area contributed by atoms with Crippen LogP contribution in [-0.4, -0.2) is 18.1 Å². The molecule has 4 heteroatoms. The molecule has 23 heavy (non-hydrogen) atoms. The first-order valence-electron chi connectivity index (χ1n) is 7.88. The second-order valence-corrected chi connectivity index (χ2v) is 5.48. The smallest absolute Gasteiger partial charge is 0.344 e. The van der Waals surface area contributed by atoms with Crippen LogP contribution in [0.15, 0.2) is 51.9 Å². The summed E-state index contributed by atoms with van der Waals surface area (Å²) in [5, 5.41) is 0.958. The summed E-state index contributed by atoms with van der Waals surface area (Å²) >= 11 is 0. The van der Waals surface area contributed by atoms with Crippen LogP contribution < -0.4 is 10.5 Å². The van der Waals surface area contributed by atoms with Crippen molar-refractivity contribution in [1.29, 1.82) is 0 Å². The lowest BCUT2D eigenvalue weighted by Crippen LogP contribution is -2.21. The van der Waals surface area contributed by atoms with E-state index in [1.165, 1.54) is 0 Å². The predicted molar refractivity (Wildman–Crippen MR) is 94.0 cm³/mol. The van der Waals surface area contributed by atoms with E-state index in [9.17, 15) is 4.79 Å². The molecule has 1 aromatic carbocycles. The Kier molecular flexibility index (Phi) is 4.15. The number of anilines is 1. The maximum absolute atomic E-state index is 12.5. The molecule has 3 rings (SSSR count). The number of hydrogen-bond acceptors (Lipinski definition) is 4. The van der Waals surface area contributed by atoms with Gasteiger partial charge < -0.3 is 9.32 Å². The molecule has 0 saturated heterocycles. The fourth-order valence-corrected chi connectivity index (χ4v) is 2.97. The number of aryl methyl sites for hydroxylation is 1. The average Bonchev–Trinajstić information content (AvgIpc) is 2.57. The summed E-state index contributed by atoms with van der Waals surface area (Å²) in [4.78, 5) is 18.8. The van der Waals surface area contributed by atoms with Crippen molar-refractivity contribution in [3.05, 3.63) is 58.7 Å². The van der Waals surface area contributed by atoms with Crippen LogP contribution in [0.3, 0.4) is 0 Å². The number of aromatic nitrogens is 1. The van der Waals surface area contributed by atoms with E-state index < -0.39 is 0 Å². The third-order valence-electron chi connectivity index (χ3n) is 4.23. The van der Waals surface area contributed by atoms with Crippen LogP contribution in [0.2, 0.25) is 0 Å². The second-order valence-electron chi connectivity index (χ2n) is 5.48. The second kappa shape index (κ2) is 6.24. The van der Waals surface area contributed by atoms with Gasteiger partial charge in [-0.3, -0.25) is 4.98 Å². The molecule has 2 aromatic heterocycles. The van der Waals surface area contributed by atoms with Crippen molar-refractivity contribution in [2.45, 2.75) is 20.8 Å². The van der Waals surface area contributed by atoms with Gasteiger partial charge in [0.25, 0.3) is 0 Å². The minimum atomic E-state index is -0.320. The van der Waals surface area contributed by atoms with Gasteiger partial charge in [0.1, 0.15) is 5.58 Å². The molecule has 3 aromatic rings. The molecule has 0 aliphatic carbocycles. The Morgan fingerprint density at radius 3 is 2.61 bits per heavy atom. The lowest BCUT2D eigenvalue weighted by Gasteiger charge is -2.21. The van der Waals surface area contributed by atoms with E-state index in [4.69, 9.17) is 4.42 Å². The van der Waals surface area contributed by atoms with Crippen molar-refractivity contribution >= 4 is 16.7 Å². The summed E-state index contributed by atoms with van der Waals surface area (Å²) in [5.41, 5.74) is 3.67. The highest BCUT2D eigenvalue weighted by Crippen LogP contribution is 2.28. The first-order valence-corrected chi connectivity index (χ1v) is 7.88. The van der Waals surface area contributed by atoms with E-state index in [0.29, 0.717) is 11.1 Å². The molecule has 4 nitrogen and oxygen atoms in total. The average molecular weight is 308 g/mol. The fraction of sp³-hybridized carbons (Fsp3) is 0.263. The zero-order chi connectivity index (χ0) is 16.4. The molecule has 0 bridgehead atoms. The minimum absolute atomic E-state index is 0.320. The van der Waals surface area contributed by atoms with Gasteiger partial charge in [-0.15, -0.1) is 0 Å². The molecule has 0 unspecified atom stereocenters. The Hall–Kier alpha value is -2.62. The number of benzene rings is 1. The zero-order valence-electron chi connectivity index (χ0n) is 13.7. The molecule has 0 aliphatic rings. The van der Waals surface area contributed by atoms with Crippen molar-refractivity contribution < 1.29 is 4.42 Å². The molecule has 0 atom stereocenters. The molecule has 0 amide bonds. The van der Waals surface area contributed by atoms with Crippen LogP contribution in [-0.2, 0) is 0 Å². The maximum Gasteiger partial charge on any atom is 0.344 e. The molecular weight excluding hydrogens is 288 g/mol. The zero-order valence-corrected chi connectivity index (χ0v) is 13.7. The highest BCUT2D eigenvalue weighted by atomic mass is 16.4. The van der Waals surface area contributed by atoms with Crippen molar-refractivity contribution in [3.63, 3.8) is 0 Å². The van der Waals surface area contributed by atoms with E-state index in [-0.39, 0.29) is 5.63 Å². The topological polar surface area (TPSA) is 46.3 Å². The summed E-state index contributed by atoms with van der Waals surface area (Å²) in [5.74, 6) is 0. The number of nitrogens with zero attached hydrogens (tertiary/aromatic N) is 2. The Bertz CT molecular complexity index is 881. The predicted octanol–water partition coefficient (Wildman–Crippen LogP) is 4.01. The summed E-state index contributed by atoms with van der Waals surface area (Å²) in [6, 6.07) is 9.75.